The minimum absolute atomic E-state index is 0.222. The summed E-state index contributed by atoms with van der Waals surface area (Å²) in [6.45, 7) is 1.14. The monoisotopic (exact) mass is 315 g/mol. The van der Waals surface area contributed by atoms with E-state index in [1.54, 1.807) is 6.07 Å². The summed E-state index contributed by atoms with van der Waals surface area (Å²) in [6.07, 6.45) is 3.27. The van der Waals surface area contributed by atoms with Gasteiger partial charge in [-0.2, -0.15) is 0 Å². The van der Waals surface area contributed by atoms with E-state index in [2.05, 4.69) is 15.9 Å². The number of ether oxygens (including phenoxy) is 2. The molecule has 0 saturated heterocycles. The summed E-state index contributed by atoms with van der Waals surface area (Å²) in [4.78, 5) is 0. The molecule has 1 heterocycles. The molecule has 1 aliphatic carbocycles. The predicted octanol–water partition coefficient (Wildman–Crippen LogP) is 2.78. The highest BCUT2D eigenvalue weighted by molar-refractivity contribution is 9.10. The molecule has 0 unspecified atom stereocenters. The topological polar surface area (TPSA) is 44.5 Å². The van der Waals surface area contributed by atoms with Gasteiger partial charge in [-0.15, -0.1) is 0 Å². The van der Waals surface area contributed by atoms with Crippen molar-refractivity contribution in [1.29, 1.82) is 0 Å². The van der Waals surface area contributed by atoms with Gasteiger partial charge in [-0.1, -0.05) is 0 Å². The summed E-state index contributed by atoms with van der Waals surface area (Å²) in [5.74, 6) is 0.798. The predicted molar refractivity (Wildman–Crippen MR) is 69.6 cm³/mol. The molecule has 0 atom stereocenters. The SMILES string of the molecule is NC1(Cc2cc3c(c(Br)c2F)OCCCO3)CC1. The van der Waals surface area contributed by atoms with E-state index < -0.39 is 0 Å². The Morgan fingerprint density at radius 1 is 1.33 bits per heavy atom. The van der Waals surface area contributed by atoms with Crippen molar-refractivity contribution in [1.82, 2.24) is 0 Å². The van der Waals surface area contributed by atoms with E-state index in [0.29, 0.717) is 41.2 Å². The summed E-state index contributed by atoms with van der Waals surface area (Å²) in [7, 11) is 0. The lowest BCUT2D eigenvalue weighted by atomic mass is 10.0. The largest absolute Gasteiger partial charge is 0.490 e. The highest BCUT2D eigenvalue weighted by atomic mass is 79.9. The van der Waals surface area contributed by atoms with Gasteiger partial charge in [-0.3, -0.25) is 0 Å². The lowest BCUT2D eigenvalue weighted by Gasteiger charge is -2.15. The first kappa shape index (κ1) is 12.2. The maximum Gasteiger partial charge on any atom is 0.178 e. The zero-order chi connectivity index (χ0) is 12.8. The summed E-state index contributed by atoms with van der Waals surface area (Å²) >= 11 is 3.26. The van der Waals surface area contributed by atoms with Gasteiger partial charge < -0.3 is 15.2 Å². The number of hydrogen-bond acceptors (Lipinski definition) is 3. The van der Waals surface area contributed by atoms with Crippen LogP contribution >= 0.6 is 15.9 Å². The highest BCUT2D eigenvalue weighted by Crippen LogP contribution is 2.43. The fourth-order valence-electron chi connectivity index (χ4n) is 2.14. The Labute approximate surface area is 114 Å². The van der Waals surface area contributed by atoms with E-state index in [-0.39, 0.29) is 11.4 Å². The molecule has 0 spiro atoms. The molecule has 18 heavy (non-hydrogen) atoms. The van der Waals surface area contributed by atoms with Gasteiger partial charge >= 0.3 is 0 Å². The Hall–Kier alpha value is -0.810. The molecule has 1 aromatic carbocycles. The van der Waals surface area contributed by atoms with E-state index >= 15 is 0 Å². The molecular formula is C13H15BrFNO2. The molecule has 2 aliphatic rings. The Morgan fingerprint density at radius 3 is 2.78 bits per heavy atom. The van der Waals surface area contributed by atoms with Gasteiger partial charge in [-0.05, 0) is 46.8 Å². The molecule has 1 aliphatic heterocycles. The van der Waals surface area contributed by atoms with Crippen molar-refractivity contribution in [2.75, 3.05) is 13.2 Å². The van der Waals surface area contributed by atoms with Gasteiger partial charge in [0.2, 0.25) is 0 Å². The normalized spacial score (nSPS) is 20.4. The standard InChI is InChI=1S/C13H15BrFNO2/c14-10-11(15)8(7-13(16)2-3-13)6-9-12(10)18-5-1-4-17-9/h6H,1-5,7,16H2. The molecule has 1 aromatic rings. The first-order valence-electron chi connectivity index (χ1n) is 6.14. The van der Waals surface area contributed by atoms with E-state index in [9.17, 15) is 4.39 Å². The molecule has 0 radical (unpaired) electrons. The van der Waals surface area contributed by atoms with Crippen molar-refractivity contribution >= 4 is 15.9 Å². The second-order valence-electron chi connectivity index (χ2n) is 5.08. The first-order chi connectivity index (χ1) is 8.59. The van der Waals surface area contributed by atoms with Crippen LogP contribution in [-0.2, 0) is 6.42 Å². The van der Waals surface area contributed by atoms with Crippen molar-refractivity contribution in [3.63, 3.8) is 0 Å². The van der Waals surface area contributed by atoms with Crippen LogP contribution < -0.4 is 15.2 Å². The van der Waals surface area contributed by atoms with Gasteiger partial charge in [0.05, 0.1) is 17.7 Å². The minimum atomic E-state index is -0.282. The zero-order valence-corrected chi connectivity index (χ0v) is 11.6. The van der Waals surface area contributed by atoms with Crippen molar-refractivity contribution in [2.45, 2.75) is 31.2 Å². The van der Waals surface area contributed by atoms with Crippen LogP contribution in [0, 0.1) is 5.82 Å². The van der Waals surface area contributed by atoms with Crippen molar-refractivity contribution < 1.29 is 13.9 Å². The summed E-state index contributed by atoms with van der Waals surface area (Å²) in [6, 6.07) is 1.73. The Kier molecular flexibility index (Phi) is 2.98. The van der Waals surface area contributed by atoms with Crippen LogP contribution in [0.25, 0.3) is 0 Å². The maximum absolute atomic E-state index is 14.2. The summed E-state index contributed by atoms with van der Waals surface area (Å²) < 4.78 is 25.7. The van der Waals surface area contributed by atoms with Crippen LogP contribution in [-0.4, -0.2) is 18.8 Å². The quantitative estimate of drug-likeness (QED) is 0.912. The van der Waals surface area contributed by atoms with Crippen LogP contribution in [0.2, 0.25) is 0 Å². The number of rotatable bonds is 2. The van der Waals surface area contributed by atoms with Gasteiger partial charge in [-0.25, -0.2) is 4.39 Å². The number of benzene rings is 1. The molecule has 5 heteroatoms. The molecule has 0 aromatic heterocycles. The molecule has 98 valence electrons. The average molecular weight is 316 g/mol. The smallest absolute Gasteiger partial charge is 0.178 e. The van der Waals surface area contributed by atoms with Crippen LogP contribution in [0.5, 0.6) is 11.5 Å². The molecule has 3 rings (SSSR count). The van der Waals surface area contributed by atoms with Gasteiger partial charge in [0.25, 0.3) is 0 Å². The molecule has 0 amide bonds. The van der Waals surface area contributed by atoms with Crippen LogP contribution in [0.3, 0.4) is 0 Å². The lowest BCUT2D eigenvalue weighted by Crippen LogP contribution is -2.25. The fourth-order valence-corrected chi connectivity index (χ4v) is 2.70. The summed E-state index contributed by atoms with van der Waals surface area (Å²) in [5, 5.41) is 0. The average Bonchev–Trinajstić information content (AvgIpc) is 3.09. The molecule has 0 bridgehead atoms. The lowest BCUT2D eigenvalue weighted by molar-refractivity contribution is 0.296. The second kappa shape index (κ2) is 4.38. The van der Waals surface area contributed by atoms with Gasteiger partial charge in [0.15, 0.2) is 11.5 Å². The molecule has 1 saturated carbocycles. The van der Waals surface area contributed by atoms with Gasteiger partial charge in [0.1, 0.15) is 5.82 Å². The van der Waals surface area contributed by atoms with E-state index in [4.69, 9.17) is 15.2 Å². The van der Waals surface area contributed by atoms with Crippen molar-refractivity contribution in [3.8, 4) is 11.5 Å². The van der Waals surface area contributed by atoms with Crippen molar-refractivity contribution in [3.05, 3.63) is 21.9 Å². The summed E-state index contributed by atoms with van der Waals surface area (Å²) in [5.41, 5.74) is 6.43. The second-order valence-corrected chi connectivity index (χ2v) is 5.87. The minimum Gasteiger partial charge on any atom is -0.490 e. The number of nitrogens with two attached hydrogens (primary N) is 1. The molecule has 2 N–H and O–H groups in total. The molecule has 3 nitrogen and oxygen atoms in total. The number of fused-ring (bicyclic) bond motifs is 1. The third-order valence-electron chi connectivity index (χ3n) is 3.43. The fraction of sp³-hybridized carbons (Fsp3) is 0.538. The molecular weight excluding hydrogens is 301 g/mol. The Morgan fingerprint density at radius 2 is 2.06 bits per heavy atom. The van der Waals surface area contributed by atoms with E-state index in [0.717, 1.165) is 19.3 Å². The Bertz CT molecular complexity index is 488. The maximum atomic E-state index is 14.2. The third-order valence-corrected chi connectivity index (χ3v) is 4.14. The number of halogens is 2. The van der Waals surface area contributed by atoms with Gasteiger partial charge in [0, 0.05) is 12.0 Å². The first-order valence-corrected chi connectivity index (χ1v) is 6.94. The van der Waals surface area contributed by atoms with E-state index in [1.165, 1.54) is 0 Å². The van der Waals surface area contributed by atoms with Crippen LogP contribution in [0.1, 0.15) is 24.8 Å². The van der Waals surface area contributed by atoms with E-state index in [1.807, 2.05) is 0 Å². The number of hydrogen-bond donors (Lipinski definition) is 1. The highest BCUT2D eigenvalue weighted by Gasteiger charge is 2.39. The zero-order valence-electron chi connectivity index (χ0n) is 9.97. The third kappa shape index (κ3) is 2.21. The Balaban J connectivity index is 2.00. The van der Waals surface area contributed by atoms with Crippen LogP contribution in [0.4, 0.5) is 4.39 Å². The van der Waals surface area contributed by atoms with Crippen molar-refractivity contribution in [2.24, 2.45) is 5.73 Å². The molecule has 1 fully saturated rings. The van der Waals surface area contributed by atoms with Crippen LogP contribution in [0.15, 0.2) is 10.5 Å².